The van der Waals surface area contributed by atoms with Gasteiger partial charge in [0.2, 0.25) is 0 Å². The third-order valence-electron chi connectivity index (χ3n) is 1.94. The van der Waals surface area contributed by atoms with Crippen LogP contribution in [0.25, 0.3) is 0 Å². The molecule has 0 unspecified atom stereocenters. The molecule has 0 bridgehead atoms. The Labute approximate surface area is 72.3 Å². The quantitative estimate of drug-likeness (QED) is 0.668. The Morgan fingerprint density at radius 3 is 2.67 bits per heavy atom. The predicted molar refractivity (Wildman–Crippen MR) is 50.8 cm³/mol. The molecule has 0 aliphatic carbocycles. The fourth-order valence-corrected chi connectivity index (χ4v) is 1.33. The fraction of sp³-hybridized carbons (Fsp3) is 0.300. The Kier molecular flexibility index (Phi) is 2.08. The van der Waals surface area contributed by atoms with Crippen LogP contribution >= 0.6 is 0 Å². The molecule has 0 amide bonds. The number of hydrogen-bond donors (Lipinski definition) is 1. The SMILES string of the molecule is c1ccc(N=C2CCCN2)cc1. The molecule has 0 spiro atoms. The molecule has 1 aliphatic rings. The molecular formula is C10H12N2. The van der Waals surface area contributed by atoms with Gasteiger partial charge < -0.3 is 5.32 Å². The van der Waals surface area contributed by atoms with E-state index < -0.39 is 0 Å². The van der Waals surface area contributed by atoms with E-state index in [1.807, 2.05) is 30.3 Å². The third kappa shape index (κ3) is 1.64. The summed E-state index contributed by atoms with van der Waals surface area (Å²) < 4.78 is 0. The maximum absolute atomic E-state index is 4.46. The molecule has 2 nitrogen and oxygen atoms in total. The molecule has 1 fully saturated rings. The zero-order valence-corrected chi connectivity index (χ0v) is 6.96. The van der Waals surface area contributed by atoms with E-state index in [-0.39, 0.29) is 0 Å². The second-order valence-electron chi connectivity index (χ2n) is 2.92. The Morgan fingerprint density at radius 2 is 2.00 bits per heavy atom. The minimum absolute atomic E-state index is 1.04. The molecule has 2 rings (SSSR count). The van der Waals surface area contributed by atoms with Gasteiger partial charge in [0.15, 0.2) is 0 Å². The van der Waals surface area contributed by atoms with E-state index in [0.29, 0.717) is 0 Å². The number of amidine groups is 1. The molecule has 1 heterocycles. The Bertz CT molecular complexity index is 269. The monoisotopic (exact) mass is 160 g/mol. The van der Waals surface area contributed by atoms with E-state index in [0.717, 1.165) is 24.5 Å². The summed E-state index contributed by atoms with van der Waals surface area (Å²) in [5, 5.41) is 3.26. The number of aliphatic imine (C=N–C) groups is 1. The van der Waals surface area contributed by atoms with Gasteiger partial charge in [-0.25, -0.2) is 4.99 Å². The molecule has 2 heteroatoms. The average Bonchev–Trinajstić information content (AvgIpc) is 2.59. The van der Waals surface area contributed by atoms with Crippen molar-refractivity contribution in [1.29, 1.82) is 0 Å². The second-order valence-corrected chi connectivity index (χ2v) is 2.92. The van der Waals surface area contributed by atoms with Crippen molar-refractivity contribution in [3.05, 3.63) is 30.3 Å². The van der Waals surface area contributed by atoms with E-state index in [4.69, 9.17) is 0 Å². The van der Waals surface area contributed by atoms with E-state index in [1.165, 1.54) is 6.42 Å². The van der Waals surface area contributed by atoms with Crippen LogP contribution in [-0.2, 0) is 0 Å². The van der Waals surface area contributed by atoms with Crippen molar-refractivity contribution in [3.63, 3.8) is 0 Å². The van der Waals surface area contributed by atoms with Gasteiger partial charge >= 0.3 is 0 Å². The van der Waals surface area contributed by atoms with E-state index in [9.17, 15) is 0 Å². The van der Waals surface area contributed by atoms with Gasteiger partial charge in [-0.3, -0.25) is 0 Å². The summed E-state index contributed by atoms with van der Waals surface area (Å²) in [6.45, 7) is 1.08. The Morgan fingerprint density at radius 1 is 1.17 bits per heavy atom. The number of nitrogens with one attached hydrogen (secondary N) is 1. The maximum atomic E-state index is 4.46. The van der Waals surface area contributed by atoms with Gasteiger partial charge in [-0.15, -0.1) is 0 Å². The van der Waals surface area contributed by atoms with Crippen LogP contribution in [0.4, 0.5) is 5.69 Å². The molecule has 0 saturated carbocycles. The second kappa shape index (κ2) is 3.39. The lowest BCUT2D eigenvalue weighted by Crippen LogP contribution is -2.13. The molecule has 1 N–H and O–H groups in total. The molecule has 12 heavy (non-hydrogen) atoms. The first-order valence-corrected chi connectivity index (χ1v) is 4.32. The fourth-order valence-electron chi connectivity index (χ4n) is 1.33. The molecule has 0 atom stereocenters. The van der Waals surface area contributed by atoms with Gasteiger partial charge in [-0.05, 0) is 18.6 Å². The van der Waals surface area contributed by atoms with Crippen molar-refractivity contribution < 1.29 is 0 Å². The normalized spacial score (nSPS) is 19.5. The number of benzene rings is 1. The molecular weight excluding hydrogens is 148 g/mol. The molecule has 1 aromatic carbocycles. The van der Waals surface area contributed by atoms with Crippen LogP contribution in [0.1, 0.15) is 12.8 Å². The molecule has 0 aromatic heterocycles. The summed E-state index contributed by atoms with van der Waals surface area (Å²) in [5.41, 5.74) is 1.04. The molecule has 0 radical (unpaired) electrons. The minimum atomic E-state index is 1.04. The third-order valence-corrected chi connectivity index (χ3v) is 1.94. The van der Waals surface area contributed by atoms with Crippen LogP contribution in [0.3, 0.4) is 0 Å². The molecule has 1 aliphatic heterocycles. The molecule has 62 valence electrons. The van der Waals surface area contributed by atoms with Crippen LogP contribution in [0, 0.1) is 0 Å². The van der Waals surface area contributed by atoms with Gasteiger partial charge in [-0.1, -0.05) is 18.2 Å². The largest absolute Gasteiger partial charge is 0.373 e. The predicted octanol–water partition coefficient (Wildman–Crippen LogP) is 2.10. The summed E-state index contributed by atoms with van der Waals surface area (Å²) in [5.74, 6) is 1.13. The Balaban J connectivity index is 2.16. The first-order chi connectivity index (χ1) is 5.95. The standard InChI is InChI=1S/C10H12N2/c1-2-5-9(6-3-1)12-10-7-4-8-11-10/h1-3,5-6H,4,7-8H2,(H,11,12). The lowest BCUT2D eigenvalue weighted by molar-refractivity contribution is 0.912. The Hall–Kier alpha value is -1.31. The van der Waals surface area contributed by atoms with E-state index >= 15 is 0 Å². The maximum Gasteiger partial charge on any atom is 0.102 e. The molecule has 1 saturated heterocycles. The summed E-state index contributed by atoms with van der Waals surface area (Å²) in [6, 6.07) is 10.1. The first-order valence-electron chi connectivity index (χ1n) is 4.32. The van der Waals surface area contributed by atoms with Crippen molar-refractivity contribution in [1.82, 2.24) is 5.32 Å². The van der Waals surface area contributed by atoms with Gasteiger partial charge in [0.25, 0.3) is 0 Å². The lowest BCUT2D eigenvalue weighted by atomic mass is 10.3. The van der Waals surface area contributed by atoms with Crippen molar-refractivity contribution >= 4 is 11.5 Å². The zero-order chi connectivity index (χ0) is 8.23. The number of rotatable bonds is 1. The van der Waals surface area contributed by atoms with Crippen molar-refractivity contribution in [2.75, 3.05) is 6.54 Å². The van der Waals surface area contributed by atoms with Gasteiger partial charge in [0.05, 0.1) is 5.69 Å². The highest BCUT2D eigenvalue weighted by Gasteiger charge is 2.05. The highest BCUT2D eigenvalue weighted by Crippen LogP contribution is 2.12. The highest BCUT2D eigenvalue weighted by molar-refractivity contribution is 5.86. The van der Waals surface area contributed by atoms with Crippen LogP contribution < -0.4 is 5.32 Å². The average molecular weight is 160 g/mol. The van der Waals surface area contributed by atoms with Crippen molar-refractivity contribution in [2.24, 2.45) is 4.99 Å². The number of para-hydroxylation sites is 1. The van der Waals surface area contributed by atoms with E-state index in [2.05, 4.69) is 10.3 Å². The molecule has 1 aromatic rings. The van der Waals surface area contributed by atoms with Gasteiger partial charge in [0.1, 0.15) is 5.84 Å². The highest BCUT2D eigenvalue weighted by atomic mass is 15.0. The van der Waals surface area contributed by atoms with Gasteiger partial charge in [-0.2, -0.15) is 0 Å². The van der Waals surface area contributed by atoms with Crippen molar-refractivity contribution in [3.8, 4) is 0 Å². The topological polar surface area (TPSA) is 24.4 Å². The van der Waals surface area contributed by atoms with E-state index in [1.54, 1.807) is 0 Å². The van der Waals surface area contributed by atoms with Crippen LogP contribution in [0.2, 0.25) is 0 Å². The van der Waals surface area contributed by atoms with Gasteiger partial charge in [0, 0.05) is 13.0 Å². The smallest absolute Gasteiger partial charge is 0.102 e. The zero-order valence-electron chi connectivity index (χ0n) is 6.96. The number of nitrogens with zero attached hydrogens (tertiary/aromatic N) is 1. The van der Waals surface area contributed by atoms with Crippen LogP contribution in [0.5, 0.6) is 0 Å². The van der Waals surface area contributed by atoms with Crippen LogP contribution in [0.15, 0.2) is 35.3 Å². The lowest BCUT2D eigenvalue weighted by Gasteiger charge is -1.96. The summed E-state index contributed by atoms with van der Waals surface area (Å²) >= 11 is 0. The summed E-state index contributed by atoms with van der Waals surface area (Å²) in [7, 11) is 0. The first kappa shape index (κ1) is 7.35. The summed E-state index contributed by atoms with van der Waals surface area (Å²) in [6.07, 6.45) is 2.31. The minimum Gasteiger partial charge on any atom is -0.373 e. The van der Waals surface area contributed by atoms with Crippen molar-refractivity contribution in [2.45, 2.75) is 12.8 Å². The van der Waals surface area contributed by atoms with Crippen LogP contribution in [-0.4, -0.2) is 12.4 Å². The summed E-state index contributed by atoms with van der Waals surface area (Å²) in [4.78, 5) is 4.46. The number of hydrogen-bond acceptors (Lipinski definition) is 1.